The van der Waals surface area contributed by atoms with Crippen molar-refractivity contribution >= 4 is 22.9 Å². The molecule has 0 saturated heterocycles. The molecule has 3 rings (SSSR count). The first-order valence-electron chi connectivity index (χ1n) is 5.99. The van der Waals surface area contributed by atoms with Crippen LogP contribution in [0.2, 0.25) is 5.02 Å². The van der Waals surface area contributed by atoms with E-state index in [-0.39, 0.29) is 0 Å². The number of pyridine rings is 1. The number of imidazole rings is 1. The summed E-state index contributed by atoms with van der Waals surface area (Å²) >= 11 is 5.95. The molecule has 6 heteroatoms. The van der Waals surface area contributed by atoms with Crippen molar-refractivity contribution in [2.45, 2.75) is 13.5 Å². The fourth-order valence-electron chi connectivity index (χ4n) is 2.06. The van der Waals surface area contributed by atoms with Crippen molar-refractivity contribution in [1.29, 1.82) is 0 Å². The molecule has 0 fully saturated rings. The van der Waals surface area contributed by atoms with Crippen LogP contribution in [0, 0.1) is 6.92 Å². The van der Waals surface area contributed by atoms with Gasteiger partial charge in [0.05, 0.1) is 28.6 Å². The third-order valence-electron chi connectivity index (χ3n) is 2.94. The molecule has 3 aromatic heterocycles. The highest BCUT2D eigenvalue weighted by Crippen LogP contribution is 2.15. The lowest BCUT2D eigenvalue weighted by Gasteiger charge is -2.00. The van der Waals surface area contributed by atoms with Crippen LogP contribution in [0.3, 0.4) is 0 Å². The molecule has 5 nitrogen and oxygen atoms in total. The number of rotatable bonds is 3. The van der Waals surface area contributed by atoms with Gasteiger partial charge < -0.3 is 9.72 Å². The molecule has 0 unspecified atom stereocenters. The van der Waals surface area contributed by atoms with Crippen LogP contribution in [0.1, 0.15) is 11.4 Å². The summed E-state index contributed by atoms with van der Waals surface area (Å²) in [5, 5.41) is 8.32. The third kappa shape index (κ3) is 2.42. The molecular formula is C13H14ClN5. The molecule has 0 spiro atoms. The Balaban J connectivity index is 1.80. The molecule has 3 heterocycles. The molecule has 98 valence electrons. The molecule has 19 heavy (non-hydrogen) atoms. The fraction of sp³-hybridized carbons (Fsp3) is 0.231. The van der Waals surface area contributed by atoms with Gasteiger partial charge in [-0.25, -0.2) is 4.98 Å². The Morgan fingerprint density at radius 1 is 1.26 bits per heavy atom. The predicted octanol–water partition coefficient (Wildman–Crippen LogP) is 2.64. The smallest absolute Gasteiger partial charge is 0.137 e. The summed E-state index contributed by atoms with van der Waals surface area (Å²) in [6.45, 7) is 2.64. The second-order valence-electron chi connectivity index (χ2n) is 4.50. The third-order valence-corrected chi connectivity index (χ3v) is 3.16. The summed E-state index contributed by atoms with van der Waals surface area (Å²) in [5.41, 5.74) is 3.86. The van der Waals surface area contributed by atoms with Crippen molar-refractivity contribution in [3.8, 4) is 0 Å². The van der Waals surface area contributed by atoms with Gasteiger partial charge >= 0.3 is 0 Å². The number of nitrogens with one attached hydrogen (secondary N) is 1. The van der Waals surface area contributed by atoms with E-state index in [0.717, 1.165) is 22.7 Å². The maximum absolute atomic E-state index is 5.95. The highest BCUT2D eigenvalue weighted by molar-refractivity contribution is 6.30. The number of hydrogen-bond acceptors (Lipinski definition) is 3. The molecule has 0 saturated carbocycles. The molecule has 0 aromatic carbocycles. The van der Waals surface area contributed by atoms with Crippen LogP contribution >= 0.6 is 11.6 Å². The van der Waals surface area contributed by atoms with E-state index in [4.69, 9.17) is 11.6 Å². The zero-order valence-electron chi connectivity index (χ0n) is 10.8. The molecule has 0 amide bonds. The molecular weight excluding hydrogens is 262 g/mol. The Hall–Kier alpha value is -2.01. The highest BCUT2D eigenvalue weighted by atomic mass is 35.5. The zero-order valence-corrected chi connectivity index (χ0v) is 11.5. The van der Waals surface area contributed by atoms with Gasteiger partial charge in [-0.3, -0.25) is 4.68 Å². The minimum absolute atomic E-state index is 0.659. The van der Waals surface area contributed by atoms with Crippen LogP contribution in [0.4, 0.5) is 5.69 Å². The van der Waals surface area contributed by atoms with Gasteiger partial charge in [0.1, 0.15) is 5.65 Å². The van der Waals surface area contributed by atoms with Gasteiger partial charge in [-0.05, 0) is 19.1 Å². The molecule has 0 bridgehead atoms. The average Bonchev–Trinajstić information content (AvgIpc) is 2.89. The Bertz CT molecular complexity index is 728. The Labute approximate surface area is 115 Å². The number of nitrogens with zero attached hydrogens (tertiary/aromatic N) is 4. The topological polar surface area (TPSA) is 47.2 Å². The largest absolute Gasteiger partial charge is 0.377 e. The van der Waals surface area contributed by atoms with Crippen molar-refractivity contribution in [2.24, 2.45) is 7.05 Å². The van der Waals surface area contributed by atoms with Gasteiger partial charge in [0, 0.05) is 25.6 Å². The maximum atomic E-state index is 5.95. The van der Waals surface area contributed by atoms with Crippen LogP contribution < -0.4 is 5.32 Å². The standard InChI is InChI=1S/C13H14ClN5/c1-9-12(8-18(2)17-9)15-5-11-7-19-6-10(14)3-4-13(19)16-11/h3-4,6-8,15H,5H2,1-2H3. The van der Waals surface area contributed by atoms with Gasteiger partial charge in [0.25, 0.3) is 0 Å². The normalized spacial score (nSPS) is 11.1. The predicted molar refractivity (Wildman–Crippen MR) is 75.5 cm³/mol. The molecule has 0 aliphatic rings. The number of anilines is 1. The van der Waals surface area contributed by atoms with Crippen molar-refractivity contribution in [3.05, 3.63) is 47.1 Å². The van der Waals surface area contributed by atoms with Crippen molar-refractivity contribution in [3.63, 3.8) is 0 Å². The summed E-state index contributed by atoms with van der Waals surface area (Å²) in [6.07, 6.45) is 5.78. The van der Waals surface area contributed by atoms with E-state index < -0.39 is 0 Å². The Kier molecular flexibility index (Phi) is 2.91. The van der Waals surface area contributed by atoms with Gasteiger partial charge in [0.2, 0.25) is 0 Å². The second kappa shape index (κ2) is 4.59. The van der Waals surface area contributed by atoms with E-state index in [1.807, 2.05) is 49.1 Å². The number of aromatic nitrogens is 4. The van der Waals surface area contributed by atoms with Gasteiger partial charge in [-0.2, -0.15) is 5.10 Å². The van der Waals surface area contributed by atoms with Gasteiger partial charge in [-0.1, -0.05) is 11.6 Å². The van der Waals surface area contributed by atoms with E-state index >= 15 is 0 Å². The molecule has 3 aromatic rings. The van der Waals surface area contributed by atoms with E-state index in [2.05, 4.69) is 15.4 Å². The summed E-state index contributed by atoms with van der Waals surface area (Å²) in [5.74, 6) is 0. The number of fused-ring (bicyclic) bond motifs is 1. The summed E-state index contributed by atoms with van der Waals surface area (Å²) in [6, 6.07) is 3.74. The van der Waals surface area contributed by atoms with Crippen molar-refractivity contribution < 1.29 is 0 Å². The molecule has 0 radical (unpaired) electrons. The van der Waals surface area contributed by atoms with Crippen LogP contribution in [0.15, 0.2) is 30.7 Å². The SMILES string of the molecule is Cc1nn(C)cc1NCc1cn2cc(Cl)ccc2n1. The minimum Gasteiger partial charge on any atom is -0.377 e. The maximum Gasteiger partial charge on any atom is 0.137 e. The Morgan fingerprint density at radius 3 is 2.84 bits per heavy atom. The van der Waals surface area contributed by atoms with E-state index in [1.165, 1.54) is 0 Å². The van der Waals surface area contributed by atoms with Crippen LogP contribution in [0.25, 0.3) is 5.65 Å². The van der Waals surface area contributed by atoms with Crippen LogP contribution in [0.5, 0.6) is 0 Å². The van der Waals surface area contributed by atoms with E-state index in [1.54, 1.807) is 4.68 Å². The first kappa shape index (κ1) is 12.0. The van der Waals surface area contributed by atoms with Crippen LogP contribution in [-0.4, -0.2) is 19.2 Å². The monoisotopic (exact) mass is 275 g/mol. The lowest BCUT2D eigenvalue weighted by atomic mass is 10.4. The van der Waals surface area contributed by atoms with E-state index in [9.17, 15) is 0 Å². The van der Waals surface area contributed by atoms with Crippen LogP contribution in [-0.2, 0) is 13.6 Å². The van der Waals surface area contributed by atoms with Crippen molar-refractivity contribution in [2.75, 3.05) is 5.32 Å². The van der Waals surface area contributed by atoms with Gasteiger partial charge in [0.15, 0.2) is 0 Å². The van der Waals surface area contributed by atoms with E-state index in [0.29, 0.717) is 11.6 Å². The lowest BCUT2D eigenvalue weighted by Crippen LogP contribution is -1.99. The highest BCUT2D eigenvalue weighted by Gasteiger charge is 2.05. The number of hydrogen-bond donors (Lipinski definition) is 1. The minimum atomic E-state index is 0.659. The molecule has 0 aliphatic heterocycles. The fourth-order valence-corrected chi connectivity index (χ4v) is 2.23. The van der Waals surface area contributed by atoms with Gasteiger partial charge in [-0.15, -0.1) is 0 Å². The average molecular weight is 276 g/mol. The summed E-state index contributed by atoms with van der Waals surface area (Å²) in [4.78, 5) is 4.52. The molecule has 0 atom stereocenters. The summed E-state index contributed by atoms with van der Waals surface area (Å²) < 4.78 is 3.72. The summed E-state index contributed by atoms with van der Waals surface area (Å²) in [7, 11) is 1.91. The lowest BCUT2D eigenvalue weighted by molar-refractivity contribution is 0.756. The molecule has 0 aliphatic carbocycles. The Morgan fingerprint density at radius 2 is 2.11 bits per heavy atom. The second-order valence-corrected chi connectivity index (χ2v) is 4.94. The first-order valence-corrected chi connectivity index (χ1v) is 6.37. The number of halogens is 1. The first-order chi connectivity index (χ1) is 9.11. The van der Waals surface area contributed by atoms with Crippen molar-refractivity contribution in [1.82, 2.24) is 19.2 Å². The quantitative estimate of drug-likeness (QED) is 0.799. The molecule has 1 N–H and O–H groups in total. The zero-order chi connectivity index (χ0) is 13.4. The number of aryl methyl sites for hydroxylation is 2.